The van der Waals surface area contributed by atoms with Crippen LogP contribution in [-0.4, -0.2) is 6.54 Å². The molecule has 0 rings (SSSR count). The molecule has 0 fully saturated rings. The summed E-state index contributed by atoms with van der Waals surface area (Å²) < 4.78 is 0. The van der Waals surface area contributed by atoms with Crippen molar-refractivity contribution >= 4 is 11.6 Å². The summed E-state index contributed by atoms with van der Waals surface area (Å²) in [6.07, 6.45) is 1.76. The number of rotatable bonds is 3. The average Bonchev–Trinajstić information content (AvgIpc) is 1.86. The van der Waals surface area contributed by atoms with E-state index >= 15 is 0 Å². The summed E-state index contributed by atoms with van der Waals surface area (Å²) in [5.74, 6) is 0. The second kappa shape index (κ2) is 5.08. The van der Waals surface area contributed by atoms with Crippen molar-refractivity contribution < 1.29 is 0 Å². The van der Waals surface area contributed by atoms with Gasteiger partial charge in [0.15, 0.2) is 0 Å². The first kappa shape index (κ1) is 10.4. The molecule has 0 unspecified atom stereocenters. The van der Waals surface area contributed by atoms with Crippen molar-refractivity contribution in [1.29, 1.82) is 0 Å². The molecule has 0 aromatic carbocycles. The van der Waals surface area contributed by atoms with Crippen LogP contribution in [0.3, 0.4) is 0 Å². The van der Waals surface area contributed by atoms with Crippen LogP contribution >= 0.6 is 11.6 Å². The Kier molecular flexibility index (Phi) is 4.79. The van der Waals surface area contributed by atoms with E-state index in [0.29, 0.717) is 5.03 Å². The van der Waals surface area contributed by atoms with E-state index in [-0.39, 0.29) is 6.54 Å². The minimum atomic E-state index is 0.201. The van der Waals surface area contributed by atoms with Gasteiger partial charge in [0, 0.05) is 5.03 Å². The van der Waals surface area contributed by atoms with Crippen molar-refractivity contribution in [1.82, 2.24) is 0 Å². The summed E-state index contributed by atoms with van der Waals surface area (Å²) in [7, 11) is 0. The zero-order chi connectivity index (χ0) is 8.85. The van der Waals surface area contributed by atoms with Gasteiger partial charge in [-0.15, -0.1) is 0 Å². The van der Waals surface area contributed by atoms with Gasteiger partial charge in [-0.25, -0.2) is 0 Å². The number of nitrogens with zero attached hydrogens (tertiary/aromatic N) is 1. The number of hydrogen-bond acceptors (Lipinski definition) is 2. The Labute approximate surface area is 71.9 Å². The summed E-state index contributed by atoms with van der Waals surface area (Å²) in [6, 6.07) is 0. The molecule has 0 saturated heterocycles. The molecule has 0 bridgehead atoms. The van der Waals surface area contributed by atoms with Gasteiger partial charge in [-0.05, 0) is 32.4 Å². The Morgan fingerprint density at radius 3 is 2.27 bits per heavy atom. The van der Waals surface area contributed by atoms with Crippen molar-refractivity contribution in [3.8, 4) is 0 Å². The quantitative estimate of drug-likeness (QED) is 0.476. The van der Waals surface area contributed by atoms with Crippen molar-refractivity contribution in [3.63, 3.8) is 0 Å². The van der Waals surface area contributed by atoms with E-state index in [1.165, 1.54) is 0 Å². The fourth-order valence-electron chi connectivity index (χ4n) is 0.658. The Bertz CT molecular complexity index is 198. The first-order valence-corrected chi connectivity index (χ1v) is 3.75. The second-order valence-corrected chi connectivity index (χ2v) is 3.14. The molecule has 0 atom stereocenters. The van der Waals surface area contributed by atoms with Crippen LogP contribution in [0, 0.1) is 4.91 Å². The van der Waals surface area contributed by atoms with Gasteiger partial charge in [0.1, 0.15) is 6.54 Å². The highest BCUT2D eigenvalue weighted by Crippen LogP contribution is 2.10. The third-order valence-electron chi connectivity index (χ3n) is 1.25. The Morgan fingerprint density at radius 2 is 2.00 bits per heavy atom. The average molecular weight is 174 g/mol. The maximum atomic E-state index is 9.94. The molecule has 0 amide bonds. The van der Waals surface area contributed by atoms with Crippen molar-refractivity contribution in [2.45, 2.75) is 20.8 Å². The zero-order valence-corrected chi connectivity index (χ0v) is 7.77. The maximum absolute atomic E-state index is 9.94. The van der Waals surface area contributed by atoms with Crippen LogP contribution in [0.5, 0.6) is 0 Å². The van der Waals surface area contributed by atoms with Gasteiger partial charge in [-0.1, -0.05) is 22.4 Å². The Balaban J connectivity index is 4.50. The van der Waals surface area contributed by atoms with Crippen LogP contribution in [0.4, 0.5) is 0 Å². The van der Waals surface area contributed by atoms with Crippen LogP contribution in [0.2, 0.25) is 0 Å². The summed E-state index contributed by atoms with van der Waals surface area (Å²) in [6.45, 7) is 5.83. The fourth-order valence-corrected chi connectivity index (χ4v) is 0.789. The second-order valence-electron chi connectivity index (χ2n) is 2.54. The monoisotopic (exact) mass is 173 g/mol. The zero-order valence-electron chi connectivity index (χ0n) is 7.02. The lowest BCUT2D eigenvalue weighted by Crippen LogP contribution is -1.87. The Morgan fingerprint density at radius 1 is 1.45 bits per heavy atom. The van der Waals surface area contributed by atoms with E-state index in [9.17, 15) is 4.91 Å². The van der Waals surface area contributed by atoms with E-state index in [1.54, 1.807) is 13.0 Å². The molecule has 62 valence electrons. The van der Waals surface area contributed by atoms with Crippen molar-refractivity contribution in [2.75, 3.05) is 6.54 Å². The van der Waals surface area contributed by atoms with Gasteiger partial charge < -0.3 is 0 Å². The van der Waals surface area contributed by atoms with Crippen molar-refractivity contribution in [2.24, 2.45) is 5.18 Å². The molecule has 0 radical (unpaired) electrons. The van der Waals surface area contributed by atoms with Gasteiger partial charge in [0.25, 0.3) is 0 Å². The molecule has 0 spiro atoms. The lowest BCUT2D eigenvalue weighted by atomic mass is 10.1. The third-order valence-corrected chi connectivity index (χ3v) is 1.36. The molecule has 0 N–H and O–H groups in total. The molecule has 3 heteroatoms. The van der Waals surface area contributed by atoms with Crippen LogP contribution in [0.15, 0.2) is 27.4 Å². The Hall–Kier alpha value is -0.630. The standard InChI is InChI=1S/C8H12ClNO/c1-6(2)8(5-10-11)4-7(3)9/h4H,5H2,1-3H3/b7-4+. The molecule has 11 heavy (non-hydrogen) atoms. The van der Waals surface area contributed by atoms with Gasteiger partial charge in [-0.2, -0.15) is 4.91 Å². The topological polar surface area (TPSA) is 29.4 Å². The smallest absolute Gasteiger partial charge is 0.106 e. The lowest BCUT2D eigenvalue weighted by molar-refractivity contribution is 1.12. The van der Waals surface area contributed by atoms with Gasteiger partial charge in [-0.3, -0.25) is 0 Å². The summed E-state index contributed by atoms with van der Waals surface area (Å²) in [4.78, 5) is 9.94. The maximum Gasteiger partial charge on any atom is 0.106 e. The molecule has 0 aliphatic carbocycles. The molecule has 0 aromatic heterocycles. The SMILES string of the molecule is CC(C)=C(/C=C(\C)Cl)CN=O. The van der Waals surface area contributed by atoms with Gasteiger partial charge >= 0.3 is 0 Å². The van der Waals surface area contributed by atoms with E-state index in [4.69, 9.17) is 11.6 Å². The molecule has 0 aliphatic rings. The number of allylic oxidation sites excluding steroid dienone is 2. The number of hydrogen-bond donors (Lipinski definition) is 0. The highest BCUT2D eigenvalue weighted by molar-refractivity contribution is 6.29. The summed E-state index contributed by atoms with van der Waals surface area (Å²) in [5.41, 5.74) is 1.97. The fraction of sp³-hybridized carbons (Fsp3) is 0.500. The first-order valence-electron chi connectivity index (χ1n) is 3.37. The van der Waals surface area contributed by atoms with Crippen LogP contribution in [0.25, 0.3) is 0 Å². The van der Waals surface area contributed by atoms with E-state index in [2.05, 4.69) is 5.18 Å². The van der Waals surface area contributed by atoms with E-state index in [1.807, 2.05) is 13.8 Å². The van der Waals surface area contributed by atoms with E-state index < -0.39 is 0 Å². The highest BCUT2D eigenvalue weighted by Gasteiger charge is 1.95. The first-order chi connectivity index (χ1) is 5.07. The largest absolute Gasteiger partial charge is 0.150 e. The number of halogens is 1. The minimum absolute atomic E-state index is 0.201. The molecular formula is C8H12ClNO. The van der Waals surface area contributed by atoms with Gasteiger partial charge in [0.05, 0.1) is 0 Å². The highest BCUT2D eigenvalue weighted by atomic mass is 35.5. The summed E-state index contributed by atoms with van der Waals surface area (Å²) in [5, 5.41) is 3.47. The minimum Gasteiger partial charge on any atom is -0.150 e. The van der Waals surface area contributed by atoms with Gasteiger partial charge in [0.2, 0.25) is 0 Å². The lowest BCUT2D eigenvalue weighted by Gasteiger charge is -1.98. The normalized spacial score (nSPS) is 11.1. The van der Waals surface area contributed by atoms with Crippen LogP contribution in [0.1, 0.15) is 20.8 Å². The van der Waals surface area contributed by atoms with E-state index in [0.717, 1.165) is 11.1 Å². The van der Waals surface area contributed by atoms with Crippen LogP contribution in [-0.2, 0) is 0 Å². The summed E-state index contributed by atoms with van der Waals surface area (Å²) >= 11 is 5.64. The number of nitroso groups, excluding NO2 is 1. The predicted molar refractivity (Wildman–Crippen MR) is 48.6 cm³/mol. The predicted octanol–water partition coefficient (Wildman–Crippen LogP) is 3.23. The molecule has 0 saturated carbocycles. The molecule has 0 aromatic rings. The molecule has 0 heterocycles. The molecule has 0 aliphatic heterocycles. The van der Waals surface area contributed by atoms with Crippen LogP contribution < -0.4 is 0 Å². The van der Waals surface area contributed by atoms with Crippen molar-refractivity contribution in [3.05, 3.63) is 27.2 Å². The molecular weight excluding hydrogens is 162 g/mol. The third kappa shape index (κ3) is 4.73. The molecule has 2 nitrogen and oxygen atoms in total.